The molecule has 18 heavy (non-hydrogen) atoms. The van der Waals surface area contributed by atoms with Crippen LogP contribution in [-0.4, -0.2) is 31.3 Å². The zero-order valence-corrected chi connectivity index (χ0v) is 10.6. The molecule has 1 amide bonds. The Morgan fingerprint density at radius 3 is 2.78 bits per heavy atom. The van der Waals surface area contributed by atoms with Crippen LogP contribution in [0.3, 0.4) is 0 Å². The zero-order valence-electron chi connectivity index (χ0n) is 10.6. The molecule has 1 aliphatic rings. The molecule has 1 saturated carbocycles. The predicted molar refractivity (Wildman–Crippen MR) is 68.6 cm³/mol. The standard InChI is InChI=1S/C14H19NO3/c1-18-12-6-3-2-5-11(12)14(7-8-14)13(17)15-9-4-10-16/h2-3,5-6,16H,4,7-10H2,1H3,(H,15,17). The second-order valence-electron chi connectivity index (χ2n) is 4.62. The van der Waals surface area contributed by atoms with Crippen molar-refractivity contribution >= 4 is 5.91 Å². The van der Waals surface area contributed by atoms with Gasteiger partial charge in [0.2, 0.25) is 5.91 Å². The van der Waals surface area contributed by atoms with Crippen LogP contribution in [0.4, 0.5) is 0 Å². The summed E-state index contributed by atoms with van der Waals surface area (Å²) in [6.45, 7) is 0.619. The molecule has 0 atom stereocenters. The van der Waals surface area contributed by atoms with Gasteiger partial charge in [-0.25, -0.2) is 0 Å². The minimum Gasteiger partial charge on any atom is -0.496 e. The van der Waals surface area contributed by atoms with Crippen LogP contribution in [0.1, 0.15) is 24.8 Å². The van der Waals surface area contributed by atoms with Crippen molar-refractivity contribution < 1.29 is 14.6 Å². The van der Waals surface area contributed by atoms with E-state index >= 15 is 0 Å². The third-order valence-corrected chi connectivity index (χ3v) is 3.43. The normalized spacial score (nSPS) is 16.1. The van der Waals surface area contributed by atoms with Gasteiger partial charge in [0.15, 0.2) is 0 Å². The van der Waals surface area contributed by atoms with Crippen LogP contribution in [0.15, 0.2) is 24.3 Å². The van der Waals surface area contributed by atoms with E-state index in [0.29, 0.717) is 13.0 Å². The summed E-state index contributed by atoms with van der Waals surface area (Å²) in [7, 11) is 1.62. The van der Waals surface area contributed by atoms with E-state index < -0.39 is 5.41 Å². The molecule has 1 aromatic carbocycles. The summed E-state index contributed by atoms with van der Waals surface area (Å²) in [5.74, 6) is 0.813. The maximum atomic E-state index is 12.2. The summed E-state index contributed by atoms with van der Waals surface area (Å²) < 4.78 is 5.33. The van der Waals surface area contributed by atoms with E-state index in [0.717, 1.165) is 24.2 Å². The maximum Gasteiger partial charge on any atom is 0.230 e. The monoisotopic (exact) mass is 249 g/mol. The van der Waals surface area contributed by atoms with Crippen molar-refractivity contribution in [2.75, 3.05) is 20.3 Å². The molecule has 0 spiro atoms. The Hall–Kier alpha value is -1.55. The Morgan fingerprint density at radius 1 is 1.44 bits per heavy atom. The fourth-order valence-electron chi connectivity index (χ4n) is 2.23. The number of hydrogen-bond acceptors (Lipinski definition) is 3. The molecule has 4 heteroatoms. The molecule has 0 radical (unpaired) electrons. The van der Waals surface area contributed by atoms with Gasteiger partial charge in [-0.2, -0.15) is 0 Å². The van der Waals surface area contributed by atoms with Crippen LogP contribution in [-0.2, 0) is 10.2 Å². The number of rotatable bonds is 6. The van der Waals surface area contributed by atoms with Crippen LogP contribution < -0.4 is 10.1 Å². The number of carbonyl (C=O) groups is 1. The van der Waals surface area contributed by atoms with E-state index in [4.69, 9.17) is 9.84 Å². The summed E-state index contributed by atoms with van der Waals surface area (Å²) in [6.07, 6.45) is 2.31. The molecule has 0 heterocycles. The highest BCUT2D eigenvalue weighted by molar-refractivity contribution is 5.92. The number of ether oxygens (including phenoxy) is 1. The van der Waals surface area contributed by atoms with Crippen LogP contribution in [0.5, 0.6) is 5.75 Å². The lowest BCUT2D eigenvalue weighted by Gasteiger charge is -2.18. The summed E-state index contributed by atoms with van der Waals surface area (Å²) in [6, 6.07) is 7.68. The highest BCUT2D eigenvalue weighted by atomic mass is 16.5. The number of aliphatic hydroxyl groups excluding tert-OH is 1. The minimum absolute atomic E-state index is 0.0421. The van der Waals surface area contributed by atoms with Gasteiger partial charge in [0.1, 0.15) is 5.75 Å². The summed E-state index contributed by atoms with van der Waals surface area (Å²) in [5.41, 5.74) is 0.552. The highest BCUT2D eigenvalue weighted by Gasteiger charge is 2.52. The maximum absolute atomic E-state index is 12.2. The first kappa shape index (κ1) is 12.9. The van der Waals surface area contributed by atoms with Crippen LogP contribution in [0.25, 0.3) is 0 Å². The van der Waals surface area contributed by atoms with Crippen molar-refractivity contribution in [2.24, 2.45) is 0 Å². The molecule has 1 aromatic rings. The van der Waals surface area contributed by atoms with Crippen molar-refractivity contribution in [2.45, 2.75) is 24.7 Å². The lowest BCUT2D eigenvalue weighted by Crippen LogP contribution is -2.35. The first-order chi connectivity index (χ1) is 8.74. The number of carbonyl (C=O) groups excluding carboxylic acids is 1. The Kier molecular flexibility index (Phi) is 3.87. The second-order valence-corrected chi connectivity index (χ2v) is 4.62. The molecular formula is C14H19NO3. The van der Waals surface area contributed by atoms with Gasteiger partial charge >= 0.3 is 0 Å². The fraction of sp³-hybridized carbons (Fsp3) is 0.500. The largest absolute Gasteiger partial charge is 0.496 e. The van der Waals surface area contributed by atoms with Crippen molar-refractivity contribution in [1.82, 2.24) is 5.32 Å². The molecule has 98 valence electrons. The van der Waals surface area contributed by atoms with Crippen LogP contribution in [0.2, 0.25) is 0 Å². The lowest BCUT2D eigenvalue weighted by atomic mass is 9.94. The Morgan fingerprint density at radius 2 is 2.17 bits per heavy atom. The number of methoxy groups -OCH3 is 1. The zero-order chi connectivity index (χ0) is 13.0. The van der Waals surface area contributed by atoms with E-state index in [1.807, 2.05) is 24.3 Å². The lowest BCUT2D eigenvalue weighted by molar-refractivity contribution is -0.123. The summed E-state index contributed by atoms with van der Waals surface area (Å²) >= 11 is 0. The average molecular weight is 249 g/mol. The van der Waals surface area contributed by atoms with Gasteiger partial charge in [-0.15, -0.1) is 0 Å². The minimum atomic E-state index is -0.415. The molecule has 0 aliphatic heterocycles. The molecule has 1 aliphatic carbocycles. The molecule has 2 rings (SSSR count). The second kappa shape index (κ2) is 5.40. The van der Waals surface area contributed by atoms with E-state index in [2.05, 4.69) is 5.32 Å². The molecule has 2 N–H and O–H groups in total. The van der Waals surface area contributed by atoms with Gasteiger partial charge in [-0.05, 0) is 25.3 Å². The van der Waals surface area contributed by atoms with Crippen molar-refractivity contribution in [1.29, 1.82) is 0 Å². The predicted octanol–water partition coefficient (Wildman–Crippen LogP) is 1.23. The molecule has 4 nitrogen and oxygen atoms in total. The first-order valence-electron chi connectivity index (χ1n) is 6.27. The fourth-order valence-corrected chi connectivity index (χ4v) is 2.23. The van der Waals surface area contributed by atoms with E-state index in [-0.39, 0.29) is 12.5 Å². The van der Waals surface area contributed by atoms with E-state index in [9.17, 15) is 4.79 Å². The van der Waals surface area contributed by atoms with Crippen LogP contribution >= 0.6 is 0 Å². The molecule has 0 aromatic heterocycles. The molecular weight excluding hydrogens is 230 g/mol. The molecule has 0 unspecified atom stereocenters. The third-order valence-electron chi connectivity index (χ3n) is 3.43. The van der Waals surface area contributed by atoms with Gasteiger partial charge in [0, 0.05) is 18.7 Å². The van der Waals surface area contributed by atoms with Crippen molar-refractivity contribution in [3.05, 3.63) is 29.8 Å². The molecule has 0 bridgehead atoms. The average Bonchev–Trinajstić information content (AvgIpc) is 3.20. The number of para-hydroxylation sites is 1. The number of nitrogens with one attached hydrogen (secondary N) is 1. The smallest absolute Gasteiger partial charge is 0.230 e. The SMILES string of the molecule is COc1ccccc1C1(C(=O)NCCCO)CC1. The van der Waals surface area contributed by atoms with Gasteiger partial charge in [0.25, 0.3) is 0 Å². The number of benzene rings is 1. The topological polar surface area (TPSA) is 58.6 Å². The molecule has 1 fully saturated rings. The van der Waals surface area contributed by atoms with Gasteiger partial charge in [-0.3, -0.25) is 4.79 Å². The third kappa shape index (κ3) is 2.34. The first-order valence-corrected chi connectivity index (χ1v) is 6.27. The van der Waals surface area contributed by atoms with Crippen molar-refractivity contribution in [3.8, 4) is 5.75 Å². The summed E-state index contributed by atoms with van der Waals surface area (Å²) in [5, 5.41) is 11.6. The van der Waals surface area contributed by atoms with Crippen molar-refractivity contribution in [3.63, 3.8) is 0 Å². The molecule has 0 saturated heterocycles. The van der Waals surface area contributed by atoms with Gasteiger partial charge in [0.05, 0.1) is 12.5 Å². The number of hydrogen-bond donors (Lipinski definition) is 2. The highest BCUT2D eigenvalue weighted by Crippen LogP contribution is 2.51. The van der Waals surface area contributed by atoms with Crippen LogP contribution in [0, 0.1) is 0 Å². The van der Waals surface area contributed by atoms with E-state index in [1.54, 1.807) is 7.11 Å². The quantitative estimate of drug-likeness (QED) is 0.745. The van der Waals surface area contributed by atoms with Gasteiger partial charge < -0.3 is 15.2 Å². The Bertz CT molecular complexity index is 427. The van der Waals surface area contributed by atoms with E-state index in [1.165, 1.54) is 0 Å². The summed E-state index contributed by atoms with van der Waals surface area (Å²) in [4.78, 5) is 12.2. The van der Waals surface area contributed by atoms with Gasteiger partial charge in [-0.1, -0.05) is 18.2 Å². The number of amides is 1. The Balaban J connectivity index is 2.13. The number of aliphatic hydroxyl groups is 1. The Labute approximate surface area is 107 Å².